The lowest BCUT2D eigenvalue weighted by Gasteiger charge is -2.10. The van der Waals surface area contributed by atoms with Crippen molar-refractivity contribution in [3.63, 3.8) is 0 Å². The van der Waals surface area contributed by atoms with E-state index in [0.29, 0.717) is 6.54 Å². The quantitative estimate of drug-likeness (QED) is 0.672. The number of carboxylic acid groups (broad SMARTS) is 1. The van der Waals surface area contributed by atoms with Crippen molar-refractivity contribution in [1.82, 2.24) is 5.32 Å². The molecule has 82 valence electrons. The first-order chi connectivity index (χ1) is 7.13. The van der Waals surface area contributed by atoms with E-state index < -0.39 is 5.97 Å². The number of aromatic carboxylic acids is 1. The third-order valence-electron chi connectivity index (χ3n) is 2.13. The van der Waals surface area contributed by atoms with Gasteiger partial charge in [0, 0.05) is 12.6 Å². The standard InChI is InChI=1S/C11H15NO3/c1-8(7-13)12-6-9-2-4-10(5-3-9)11(14)15/h2-5,8,12-13H,6-7H2,1H3,(H,14,15)/t8-/m1/s1. The van der Waals surface area contributed by atoms with Crippen molar-refractivity contribution in [2.24, 2.45) is 0 Å². The van der Waals surface area contributed by atoms with Crippen molar-refractivity contribution in [3.8, 4) is 0 Å². The smallest absolute Gasteiger partial charge is 0.335 e. The van der Waals surface area contributed by atoms with Gasteiger partial charge in [0.05, 0.1) is 12.2 Å². The lowest BCUT2D eigenvalue weighted by atomic mass is 10.1. The molecule has 1 aromatic rings. The fourth-order valence-corrected chi connectivity index (χ4v) is 1.12. The third-order valence-corrected chi connectivity index (χ3v) is 2.13. The molecule has 0 saturated carbocycles. The average Bonchev–Trinajstić information content (AvgIpc) is 2.26. The molecule has 0 spiro atoms. The summed E-state index contributed by atoms with van der Waals surface area (Å²) < 4.78 is 0. The Morgan fingerprint density at radius 3 is 2.47 bits per heavy atom. The van der Waals surface area contributed by atoms with Crippen LogP contribution in [0.2, 0.25) is 0 Å². The number of aliphatic hydroxyl groups is 1. The Labute approximate surface area is 88.6 Å². The Kier molecular flexibility index (Phi) is 4.27. The van der Waals surface area contributed by atoms with Crippen molar-refractivity contribution in [2.45, 2.75) is 19.5 Å². The van der Waals surface area contributed by atoms with Gasteiger partial charge in [0.15, 0.2) is 0 Å². The first-order valence-corrected chi connectivity index (χ1v) is 4.80. The zero-order valence-corrected chi connectivity index (χ0v) is 8.60. The fourth-order valence-electron chi connectivity index (χ4n) is 1.12. The molecule has 1 atom stereocenters. The molecule has 3 N–H and O–H groups in total. The van der Waals surface area contributed by atoms with Crippen LogP contribution in [-0.4, -0.2) is 28.8 Å². The highest BCUT2D eigenvalue weighted by atomic mass is 16.4. The summed E-state index contributed by atoms with van der Waals surface area (Å²) in [6, 6.07) is 6.72. The molecule has 0 unspecified atom stereocenters. The Bertz CT molecular complexity index is 321. The van der Waals surface area contributed by atoms with E-state index in [1.54, 1.807) is 24.3 Å². The number of carbonyl (C=O) groups is 1. The number of benzene rings is 1. The van der Waals surface area contributed by atoms with Crippen LogP contribution in [0.4, 0.5) is 0 Å². The fraction of sp³-hybridized carbons (Fsp3) is 0.364. The maximum absolute atomic E-state index is 10.6. The summed E-state index contributed by atoms with van der Waals surface area (Å²) in [4.78, 5) is 10.6. The highest BCUT2D eigenvalue weighted by Gasteiger charge is 2.02. The third kappa shape index (κ3) is 3.69. The van der Waals surface area contributed by atoms with E-state index in [-0.39, 0.29) is 18.2 Å². The predicted octanol–water partition coefficient (Wildman–Crippen LogP) is 0.855. The second-order valence-corrected chi connectivity index (χ2v) is 3.47. The molecule has 4 nitrogen and oxygen atoms in total. The molecule has 0 saturated heterocycles. The molecule has 0 amide bonds. The van der Waals surface area contributed by atoms with E-state index in [4.69, 9.17) is 10.2 Å². The summed E-state index contributed by atoms with van der Waals surface area (Å²) in [5.41, 5.74) is 1.29. The second-order valence-electron chi connectivity index (χ2n) is 3.47. The van der Waals surface area contributed by atoms with Gasteiger partial charge in [0.1, 0.15) is 0 Å². The zero-order valence-electron chi connectivity index (χ0n) is 8.60. The molecule has 1 aromatic carbocycles. The summed E-state index contributed by atoms with van der Waals surface area (Å²) in [6.07, 6.45) is 0. The molecular weight excluding hydrogens is 194 g/mol. The summed E-state index contributed by atoms with van der Waals surface area (Å²) in [5.74, 6) is -0.918. The van der Waals surface area contributed by atoms with Crippen LogP contribution in [0.25, 0.3) is 0 Å². The SMILES string of the molecule is C[C@H](CO)NCc1ccc(C(=O)O)cc1. The average molecular weight is 209 g/mol. The minimum Gasteiger partial charge on any atom is -0.478 e. The van der Waals surface area contributed by atoms with Gasteiger partial charge < -0.3 is 15.5 Å². The Balaban J connectivity index is 2.53. The van der Waals surface area contributed by atoms with Crippen LogP contribution in [0.5, 0.6) is 0 Å². The monoisotopic (exact) mass is 209 g/mol. The number of carboxylic acids is 1. The molecule has 0 fully saturated rings. The van der Waals surface area contributed by atoms with Gasteiger partial charge in [-0.05, 0) is 24.6 Å². The van der Waals surface area contributed by atoms with Gasteiger partial charge in [-0.3, -0.25) is 0 Å². The first kappa shape index (κ1) is 11.7. The summed E-state index contributed by atoms with van der Waals surface area (Å²) >= 11 is 0. The molecule has 1 rings (SSSR count). The molecule has 4 heteroatoms. The molecular formula is C11H15NO3. The molecule has 0 aliphatic carbocycles. The molecule has 0 radical (unpaired) electrons. The second kappa shape index (κ2) is 5.48. The minimum atomic E-state index is -0.918. The topological polar surface area (TPSA) is 69.6 Å². The van der Waals surface area contributed by atoms with Gasteiger partial charge in [-0.15, -0.1) is 0 Å². The molecule has 0 aliphatic rings. The van der Waals surface area contributed by atoms with Crippen molar-refractivity contribution < 1.29 is 15.0 Å². The first-order valence-electron chi connectivity index (χ1n) is 4.80. The maximum atomic E-state index is 10.6. The van der Waals surface area contributed by atoms with E-state index in [0.717, 1.165) is 5.56 Å². The zero-order chi connectivity index (χ0) is 11.3. The van der Waals surface area contributed by atoms with E-state index in [9.17, 15) is 4.79 Å². The molecule has 0 aliphatic heterocycles. The largest absolute Gasteiger partial charge is 0.478 e. The van der Waals surface area contributed by atoms with Gasteiger partial charge in [-0.2, -0.15) is 0 Å². The Hall–Kier alpha value is -1.39. The van der Waals surface area contributed by atoms with Gasteiger partial charge in [-0.1, -0.05) is 12.1 Å². The number of rotatable bonds is 5. The van der Waals surface area contributed by atoms with E-state index in [2.05, 4.69) is 5.32 Å². The normalized spacial score (nSPS) is 12.4. The number of aliphatic hydroxyl groups excluding tert-OH is 1. The summed E-state index contributed by atoms with van der Waals surface area (Å²) in [7, 11) is 0. The van der Waals surface area contributed by atoms with E-state index in [1.807, 2.05) is 6.92 Å². The number of hydrogen-bond donors (Lipinski definition) is 3. The van der Waals surface area contributed by atoms with Crippen molar-refractivity contribution in [3.05, 3.63) is 35.4 Å². The highest BCUT2D eigenvalue weighted by Crippen LogP contribution is 2.04. The summed E-state index contributed by atoms with van der Waals surface area (Å²) in [6.45, 7) is 2.60. The van der Waals surface area contributed by atoms with Crippen molar-refractivity contribution >= 4 is 5.97 Å². The van der Waals surface area contributed by atoms with E-state index >= 15 is 0 Å². The van der Waals surface area contributed by atoms with Crippen LogP contribution < -0.4 is 5.32 Å². The van der Waals surface area contributed by atoms with Crippen LogP contribution in [0.1, 0.15) is 22.8 Å². The molecule has 0 heterocycles. The Morgan fingerprint density at radius 2 is 2.00 bits per heavy atom. The predicted molar refractivity (Wildman–Crippen MR) is 56.8 cm³/mol. The maximum Gasteiger partial charge on any atom is 0.335 e. The van der Waals surface area contributed by atoms with Gasteiger partial charge in [0.2, 0.25) is 0 Å². The molecule has 15 heavy (non-hydrogen) atoms. The van der Waals surface area contributed by atoms with Crippen LogP contribution in [0.3, 0.4) is 0 Å². The Morgan fingerprint density at radius 1 is 1.40 bits per heavy atom. The van der Waals surface area contributed by atoms with Gasteiger partial charge in [-0.25, -0.2) is 4.79 Å². The van der Waals surface area contributed by atoms with E-state index in [1.165, 1.54) is 0 Å². The minimum absolute atomic E-state index is 0.0455. The lowest BCUT2D eigenvalue weighted by Crippen LogP contribution is -2.28. The highest BCUT2D eigenvalue weighted by molar-refractivity contribution is 5.87. The molecule has 0 bridgehead atoms. The van der Waals surface area contributed by atoms with Crippen molar-refractivity contribution in [1.29, 1.82) is 0 Å². The van der Waals surface area contributed by atoms with Crippen LogP contribution in [0, 0.1) is 0 Å². The van der Waals surface area contributed by atoms with Gasteiger partial charge in [0.25, 0.3) is 0 Å². The lowest BCUT2D eigenvalue weighted by molar-refractivity contribution is 0.0697. The molecule has 0 aromatic heterocycles. The number of hydrogen-bond acceptors (Lipinski definition) is 3. The van der Waals surface area contributed by atoms with Crippen LogP contribution >= 0.6 is 0 Å². The van der Waals surface area contributed by atoms with Crippen LogP contribution in [-0.2, 0) is 6.54 Å². The van der Waals surface area contributed by atoms with Gasteiger partial charge >= 0.3 is 5.97 Å². The number of nitrogens with one attached hydrogen (secondary N) is 1. The summed E-state index contributed by atoms with van der Waals surface area (Å²) in [5, 5.41) is 20.6. The van der Waals surface area contributed by atoms with Crippen molar-refractivity contribution in [2.75, 3.05) is 6.61 Å². The van der Waals surface area contributed by atoms with Crippen LogP contribution in [0.15, 0.2) is 24.3 Å².